The molecule has 0 saturated carbocycles. The van der Waals surface area contributed by atoms with Gasteiger partial charge in [0.15, 0.2) is 18.1 Å². The fourth-order valence-electron chi connectivity index (χ4n) is 3.32. The van der Waals surface area contributed by atoms with Crippen LogP contribution in [0.15, 0.2) is 90.0 Å². The smallest absolute Gasteiger partial charge is 0.343 e. The van der Waals surface area contributed by atoms with E-state index in [9.17, 15) is 9.59 Å². The van der Waals surface area contributed by atoms with Crippen molar-refractivity contribution in [2.75, 3.05) is 13.2 Å². The number of fused-ring (bicyclic) bond motifs is 1. The van der Waals surface area contributed by atoms with E-state index < -0.39 is 11.9 Å². The lowest BCUT2D eigenvalue weighted by atomic mass is 10.1. The van der Waals surface area contributed by atoms with Gasteiger partial charge in [-0.1, -0.05) is 41.9 Å². The summed E-state index contributed by atoms with van der Waals surface area (Å²) in [4.78, 5) is 24.6. The highest BCUT2D eigenvalue weighted by molar-refractivity contribution is 6.30. The number of amides is 1. The number of esters is 1. The van der Waals surface area contributed by atoms with Crippen LogP contribution in [0.25, 0.3) is 10.8 Å². The van der Waals surface area contributed by atoms with Crippen LogP contribution in [0.5, 0.6) is 17.2 Å². The summed E-state index contributed by atoms with van der Waals surface area (Å²) >= 11 is 5.87. The zero-order valence-electron chi connectivity index (χ0n) is 19.4. The van der Waals surface area contributed by atoms with E-state index in [0.29, 0.717) is 34.3 Å². The standard InChI is InChI=1S/C28H23ClN2O5/c1-2-34-26-15-19(7-14-25(26)36-28(33)21-8-11-23(29)12-9-21)17-30-31-27(32)18-35-24-13-10-20-5-3-4-6-22(20)16-24/h3-17H,2,18H2,1H3,(H,31,32). The third-order valence-corrected chi connectivity index (χ3v) is 5.30. The molecule has 0 unspecified atom stereocenters. The van der Waals surface area contributed by atoms with Gasteiger partial charge in [-0.3, -0.25) is 4.79 Å². The van der Waals surface area contributed by atoms with Crippen LogP contribution in [0.3, 0.4) is 0 Å². The molecule has 7 nitrogen and oxygen atoms in total. The predicted octanol–water partition coefficient (Wildman–Crippen LogP) is 5.64. The zero-order valence-corrected chi connectivity index (χ0v) is 20.2. The summed E-state index contributed by atoms with van der Waals surface area (Å²) in [7, 11) is 0. The SMILES string of the molecule is CCOc1cc(C=NNC(=O)COc2ccc3ccccc3c2)ccc1OC(=O)c1ccc(Cl)cc1. The van der Waals surface area contributed by atoms with Crippen molar-refractivity contribution >= 4 is 40.5 Å². The van der Waals surface area contributed by atoms with Gasteiger partial charge in [0, 0.05) is 5.02 Å². The van der Waals surface area contributed by atoms with Crippen LogP contribution in [-0.4, -0.2) is 31.3 Å². The van der Waals surface area contributed by atoms with Crippen LogP contribution in [0.1, 0.15) is 22.8 Å². The number of carbonyl (C=O) groups excluding carboxylic acids is 2. The first-order valence-electron chi connectivity index (χ1n) is 11.2. The first kappa shape index (κ1) is 24.8. The van der Waals surface area contributed by atoms with Gasteiger partial charge in [-0.05, 0) is 77.9 Å². The highest BCUT2D eigenvalue weighted by atomic mass is 35.5. The minimum Gasteiger partial charge on any atom is -0.490 e. The third kappa shape index (κ3) is 6.61. The first-order chi connectivity index (χ1) is 17.5. The number of rotatable bonds is 9. The van der Waals surface area contributed by atoms with E-state index in [4.69, 9.17) is 25.8 Å². The predicted molar refractivity (Wildman–Crippen MR) is 139 cm³/mol. The van der Waals surface area contributed by atoms with E-state index in [0.717, 1.165) is 10.8 Å². The average molecular weight is 503 g/mol. The zero-order chi connectivity index (χ0) is 25.3. The topological polar surface area (TPSA) is 86.2 Å². The molecule has 0 atom stereocenters. The second kappa shape index (κ2) is 11.9. The number of ether oxygens (including phenoxy) is 3. The minimum atomic E-state index is -0.535. The molecule has 0 bridgehead atoms. The Kier molecular flexibility index (Phi) is 8.16. The molecule has 0 aromatic heterocycles. The summed E-state index contributed by atoms with van der Waals surface area (Å²) in [5.41, 5.74) is 3.43. The van der Waals surface area contributed by atoms with Crippen molar-refractivity contribution < 1.29 is 23.8 Å². The van der Waals surface area contributed by atoms with Gasteiger partial charge in [0.2, 0.25) is 0 Å². The first-order valence-corrected chi connectivity index (χ1v) is 11.6. The lowest BCUT2D eigenvalue weighted by molar-refractivity contribution is -0.123. The van der Waals surface area contributed by atoms with Crippen LogP contribution in [-0.2, 0) is 4.79 Å². The Balaban J connectivity index is 1.34. The number of benzene rings is 4. The van der Waals surface area contributed by atoms with Crippen molar-refractivity contribution in [1.29, 1.82) is 0 Å². The molecule has 182 valence electrons. The molecule has 0 aliphatic heterocycles. The van der Waals surface area contributed by atoms with Crippen molar-refractivity contribution in [2.45, 2.75) is 6.92 Å². The van der Waals surface area contributed by atoms with Crippen molar-refractivity contribution in [3.05, 3.63) is 101 Å². The summed E-state index contributed by atoms with van der Waals surface area (Å²) in [6, 6.07) is 24.9. The van der Waals surface area contributed by atoms with Gasteiger partial charge in [0.05, 0.1) is 18.4 Å². The molecule has 0 aliphatic rings. The molecular formula is C28H23ClN2O5. The minimum absolute atomic E-state index is 0.181. The van der Waals surface area contributed by atoms with Crippen LogP contribution in [0.4, 0.5) is 0 Å². The maximum absolute atomic E-state index is 12.4. The molecule has 0 saturated heterocycles. The third-order valence-electron chi connectivity index (χ3n) is 5.04. The highest BCUT2D eigenvalue weighted by Gasteiger charge is 2.13. The Morgan fingerprint density at radius 1 is 0.889 bits per heavy atom. The van der Waals surface area contributed by atoms with Crippen molar-refractivity contribution in [1.82, 2.24) is 5.43 Å². The normalized spacial score (nSPS) is 10.8. The number of hydrazone groups is 1. The average Bonchev–Trinajstić information content (AvgIpc) is 2.89. The number of halogens is 1. The van der Waals surface area contributed by atoms with Gasteiger partial charge >= 0.3 is 5.97 Å². The number of carbonyl (C=O) groups is 2. The van der Waals surface area contributed by atoms with Crippen molar-refractivity contribution in [3.63, 3.8) is 0 Å². The largest absolute Gasteiger partial charge is 0.490 e. The van der Waals surface area contributed by atoms with Crippen LogP contribution < -0.4 is 19.6 Å². The van der Waals surface area contributed by atoms with E-state index in [-0.39, 0.29) is 12.4 Å². The summed E-state index contributed by atoms with van der Waals surface area (Å²) in [5.74, 6) is 0.292. The van der Waals surface area contributed by atoms with Gasteiger partial charge in [0.25, 0.3) is 5.91 Å². The van der Waals surface area contributed by atoms with E-state index in [1.165, 1.54) is 6.21 Å². The lowest BCUT2D eigenvalue weighted by Gasteiger charge is -2.11. The molecule has 0 spiro atoms. The molecule has 4 aromatic carbocycles. The molecule has 0 fully saturated rings. The van der Waals surface area contributed by atoms with Gasteiger partial charge in [-0.15, -0.1) is 0 Å². The van der Waals surface area contributed by atoms with Crippen LogP contribution >= 0.6 is 11.6 Å². The Morgan fingerprint density at radius 3 is 2.44 bits per heavy atom. The van der Waals surface area contributed by atoms with Crippen molar-refractivity contribution in [2.24, 2.45) is 5.10 Å². The molecule has 4 rings (SSSR count). The number of nitrogens with one attached hydrogen (secondary N) is 1. The summed E-state index contributed by atoms with van der Waals surface area (Å²) in [6.07, 6.45) is 1.46. The molecule has 1 amide bonds. The van der Waals surface area contributed by atoms with Gasteiger partial charge in [0.1, 0.15) is 5.75 Å². The van der Waals surface area contributed by atoms with Gasteiger partial charge < -0.3 is 14.2 Å². The van der Waals surface area contributed by atoms with E-state index in [1.54, 1.807) is 42.5 Å². The summed E-state index contributed by atoms with van der Waals surface area (Å²) < 4.78 is 16.7. The van der Waals surface area contributed by atoms with E-state index in [2.05, 4.69) is 10.5 Å². The Morgan fingerprint density at radius 2 is 1.67 bits per heavy atom. The molecule has 0 aliphatic carbocycles. The number of hydrogen-bond acceptors (Lipinski definition) is 6. The second-order valence-electron chi connectivity index (χ2n) is 7.63. The monoisotopic (exact) mass is 502 g/mol. The fourth-order valence-corrected chi connectivity index (χ4v) is 3.45. The maximum Gasteiger partial charge on any atom is 0.343 e. The molecular weight excluding hydrogens is 480 g/mol. The summed E-state index contributed by atoms with van der Waals surface area (Å²) in [5, 5.41) is 6.62. The molecule has 0 heterocycles. The Hall–Kier alpha value is -4.36. The lowest BCUT2D eigenvalue weighted by Crippen LogP contribution is -2.24. The van der Waals surface area contributed by atoms with Gasteiger partial charge in [-0.2, -0.15) is 5.10 Å². The molecule has 1 N–H and O–H groups in total. The van der Waals surface area contributed by atoms with E-state index >= 15 is 0 Å². The van der Waals surface area contributed by atoms with E-state index in [1.807, 2.05) is 49.4 Å². The Bertz CT molecular complexity index is 1400. The van der Waals surface area contributed by atoms with Gasteiger partial charge in [-0.25, -0.2) is 10.2 Å². The molecule has 8 heteroatoms. The maximum atomic E-state index is 12.4. The highest BCUT2D eigenvalue weighted by Crippen LogP contribution is 2.29. The Labute approximate surface area is 213 Å². The van der Waals surface area contributed by atoms with Crippen LogP contribution in [0, 0.1) is 0 Å². The quantitative estimate of drug-likeness (QED) is 0.138. The number of hydrogen-bond donors (Lipinski definition) is 1. The van der Waals surface area contributed by atoms with Crippen LogP contribution in [0.2, 0.25) is 5.02 Å². The molecule has 4 aromatic rings. The van der Waals surface area contributed by atoms with Crippen molar-refractivity contribution in [3.8, 4) is 17.2 Å². The second-order valence-corrected chi connectivity index (χ2v) is 8.06. The molecule has 0 radical (unpaired) electrons. The number of nitrogens with zero attached hydrogens (tertiary/aromatic N) is 1. The summed E-state index contributed by atoms with van der Waals surface area (Å²) in [6.45, 7) is 2.01. The fraction of sp³-hybridized carbons (Fsp3) is 0.107. The molecule has 36 heavy (non-hydrogen) atoms.